The second-order valence-corrected chi connectivity index (χ2v) is 9.73. The van der Waals surface area contributed by atoms with E-state index in [1.807, 2.05) is 48.5 Å². The molecule has 2 amide bonds. The van der Waals surface area contributed by atoms with Crippen LogP contribution in [0.25, 0.3) is 0 Å². The highest BCUT2D eigenvalue weighted by atomic mass is 35.5. The minimum Gasteiger partial charge on any atom is -0.497 e. The summed E-state index contributed by atoms with van der Waals surface area (Å²) in [6.07, 6.45) is 2.97. The van der Waals surface area contributed by atoms with Gasteiger partial charge in [0.1, 0.15) is 5.75 Å². The first-order valence-electron chi connectivity index (χ1n) is 9.13. The van der Waals surface area contributed by atoms with Gasteiger partial charge in [0.15, 0.2) is 4.08 Å². The molecule has 1 N–H and O–H groups in total. The van der Waals surface area contributed by atoms with E-state index in [4.69, 9.17) is 16.3 Å². The molecule has 0 bridgehead atoms. The number of imide groups is 1. The Balaban J connectivity index is 1.57. The molecule has 150 valence electrons. The minimum absolute atomic E-state index is 0.236. The van der Waals surface area contributed by atoms with Gasteiger partial charge in [-0.3, -0.25) is 14.9 Å². The van der Waals surface area contributed by atoms with Crippen LogP contribution < -0.4 is 10.1 Å². The van der Waals surface area contributed by atoms with E-state index >= 15 is 0 Å². The number of unbranched alkanes of at least 4 members (excludes halogenated alkanes) is 2. The van der Waals surface area contributed by atoms with Gasteiger partial charge in [-0.15, -0.1) is 0 Å². The number of hydrogen-bond donors (Lipinski definition) is 1. The van der Waals surface area contributed by atoms with Crippen molar-refractivity contribution in [1.82, 2.24) is 5.32 Å². The van der Waals surface area contributed by atoms with Gasteiger partial charge < -0.3 is 4.74 Å². The summed E-state index contributed by atoms with van der Waals surface area (Å²) in [6, 6.07) is 14.9. The SMILES string of the molecule is COc1ccc(SC2(CCCCC#Cc3ccc(Cl)cc3)SC(=O)NC2=O)cc1. The first-order chi connectivity index (χ1) is 14.0. The fraction of sp³-hybridized carbons (Fsp3) is 0.273. The molecule has 2 aromatic rings. The van der Waals surface area contributed by atoms with Crippen LogP contribution in [0.5, 0.6) is 5.75 Å². The van der Waals surface area contributed by atoms with Crippen molar-refractivity contribution >= 4 is 46.3 Å². The van der Waals surface area contributed by atoms with Crippen molar-refractivity contribution in [2.75, 3.05) is 7.11 Å². The monoisotopic (exact) mass is 445 g/mol. The van der Waals surface area contributed by atoms with Crippen LogP contribution in [0, 0.1) is 11.8 Å². The Morgan fingerprint density at radius 2 is 1.83 bits per heavy atom. The number of carbonyl (C=O) groups is 2. The molecular formula is C22H20ClNO3S2. The molecule has 0 spiro atoms. The highest BCUT2D eigenvalue weighted by Gasteiger charge is 2.48. The van der Waals surface area contributed by atoms with Gasteiger partial charge in [0.05, 0.1) is 7.11 Å². The van der Waals surface area contributed by atoms with Crippen molar-refractivity contribution in [1.29, 1.82) is 0 Å². The van der Waals surface area contributed by atoms with Crippen molar-refractivity contribution < 1.29 is 14.3 Å². The van der Waals surface area contributed by atoms with Crippen molar-refractivity contribution in [3.05, 3.63) is 59.1 Å². The average Bonchev–Trinajstić information content (AvgIpc) is 2.99. The molecule has 1 heterocycles. The summed E-state index contributed by atoms with van der Waals surface area (Å²) in [4.78, 5) is 25.3. The van der Waals surface area contributed by atoms with Crippen LogP contribution in [0.3, 0.4) is 0 Å². The van der Waals surface area contributed by atoms with Crippen LogP contribution in [0.2, 0.25) is 5.02 Å². The topological polar surface area (TPSA) is 55.4 Å². The lowest BCUT2D eigenvalue weighted by atomic mass is 10.1. The molecule has 29 heavy (non-hydrogen) atoms. The summed E-state index contributed by atoms with van der Waals surface area (Å²) >= 11 is 8.36. The van der Waals surface area contributed by atoms with Crippen molar-refractivity contribution in [3.63, 3.8) is 0 Å². The summed E-state index contributed by atoms with van der Waals surface area (Å²) in [5.41, 5.74) is 0.928. The maximum atomic E-state index is 12.5. The first kappa shape index (κ1) is 21.6. The number of nitrogens with one attached hydrogen (secondary N) is 1. The second kappa shape index (κ2) is 10.1. The Morgan fingerprint density at radius 1 is 1.10 bits per heavy atom. The molecule has 1 saturated heterocycles. The molecule has 4 nitrogen and oxygen atoms in total. The van der Waals surface area contributed by atoms with E-state index in [0.29, 0.717) is 11.4 Å². The maximum Gasteiger partial charge on any atom is 0.287 e. The van der Waals surface area contributed by atoms with E-state index in [-0.39, 0.29) is 11.1 Å². The van der Waals surface area contributed by atoms with E-state index in [9.17, 15) is 9.59 Å². The Bertz CT molecular complexity index is 935. The number of ether oxygens (including phenoxy) is 1. The summed E-state index contributed by atoms with van der Waals surface area (Å²) < 4.78 is 4.34. The predicted octanol–water partition coefficient (Wildman–Crippen LogP) is 5.73. The van der Waals surface area contributed by atoms with E-state index in [2.05, 4.69) is 17.2 Å². The van der Waals surface area contributed by atoms with Gasteiger partial charge >= 0.3 is 0 Å². The Morgan fingerprint density at radius 3 is 2.45 bits per heavy atom. The lowest BCUT2D eigenvalue weighted by molar-refractivity contribution is -0.119. The molecule has 1 aliphatic heterocycles. The molecule has 0 saturated carbocycles. The van der Waals surface area contributed by atoms with Gasteiger partial charge in [0.25, 0.3) is 11.1 Å². The molecule has 1 unspecified atom stereocenters. The fourth-order valence-electron chi connectivity index (χ4n) is 2.80. The van der Waals surface area contributed by atoms with Crippen LogP contribution in [0.1, 0.15) is 31.2 Å². The van der Waals surface area contributed by atoms with E-state index < -0.39 is 4.08 Å². The third-order valence-electron chi connectivity index (χ3n) is 4.30. The van der Waals surface area contributed by atoms with E-state index in [1.165, 1.54) is 11.8 Å². The molecule has 7 heteroatoms. The number of halogens is 1. The zero-order valence-corrected chi connectivity index (χ0v) is 18.3. The normalized spacial score (nSPS) is 18.1. The zero-order valence-electron chi connectivity index (χ0n) is 15.9. The van der Waals surface area contributed by atoms with Crippen molar-refractivity contribution in [2.24, 2.45) is 0 Å². The number of carbonyl (C=O) groups excluding carboxylic acids is 2. The third-order valence-corrected chi connectivity index (χ3v) is 7.28. The van der Waals surface area contributed by atoms with Gasteiger partial charge in [-0.1, -0.05) is 35.2 Å². The summed E-state index contributed by atoms with van der Waals surface area (Å²) in [5.74, 6) is 6.78. The Kier molecular flexibility index (Phi) is 7.54. The van der Waals surface area contributed by atoms with E-state index in [1.54, 1.807) is 7.11 Å². The van der Waals surface area contributed by atoms with Gasteiger partial charge in [0.2, 0.25) is 0 Å². The standard InChI is InChI=1S/C22H20ClNO3S2/c1-27-18-11-13-19(14-12-18)28-22(20(25)24-21(26)29-22)15-5-3-2-4-6-16-7-9-17(23)10-8-16/h7-14H,2-3,5,15H2,1H3,(H,24,25,26). The first-order valence-corrected chi connectivity index (χ1v) is 11.1. The van der Waals surface area contributed by atoms with Crippen LogP contribution in [-0.4, -0.2) is 22.3 Å². The molecule has 1 atom stereocenters. The largest absolute Gasteiger partial charge is 0.497 e. The van der Waals surface area contributed by atoms with Gasteiger partial charge in [0, 0.05) is 21.9 Å². The third kappa shape index (κ3) is 5.96. The second-order valence-electron chi connectivity index (χ2n) is 6.39. The molecule has 1 aliphatic rings. The number of rotatable bonds is 7. The summed E-state index contributed by atoms with van der Waals surface area (Å²) in [5, 5.41) is 2.83. The molecule has 3 rings (SSSR count). The van der Waals surface area contributed by atoms with Gasteiger partial charge in [-0.2, -0.15) is 0 Å². The van der Waals surface area contributed by atoms with Crippen LogP contribution in [-0.2, 0) is 4.79 Å². The Hall–Kier alpha value is -2.07. The number of amides is 2. The highest BCUT2D eigenvalue weighted by Crippen LogP contribution is 2.49. The lowest BCUT2D eigenvalue weighted by Gasteiger charge is -2.23. The Labute approximate surface area is 184 Å². The highest BCUT2D eigenvalue weighted by molar-refractivity contribution is 8.27. The fourth-order valence-corrected chi connectivity index (χ4v) is 5.48. The lowest BCUT2D eigenvalue weighted by Crippen LogP contribution is -2.33. The number of thioether (sulfide) groups is 2. The number of benzene rings is 2. The predicted molar refractivity (Wildman–Crippen MR) is 120 cm³/mol. The number of methoxy groups -OCH3 is 1. The average molecular weight is 446 g/mol. The molecule has 0 aromatic heterocycles. The van der Waals surface area contributed by atoms with Crippen LogP contribution >= 0.6 is 35.1 Å². The zero-order chi connectivity index (χ0) is 20.7. The number of hydrogen-bond acceptors (Lipinski definition) is 5. The van der Waals surface area contributed by atoms with Crippen LogP contribution in [0.15, 0.2) is 53.4 Å². The quantitative estimate of drug-likeness (QED) is 0.435. The summed E-state index contributed by atoms with van der Waals surface area (Å²) in [6.45, 7) is 0. The molecule has 1 fully saturated rings. The van der Waals surface area contributed by atoms with Crippen molar-refractivity contribution in [3.8, 4) is 17.6 Å². The van der Waals surface area contributed by atoms with Gasteiger partial charge in [-0.05, 0) is 79.6 Å². The van der Waals surface area contributed by atoms with Crippen molar-refractivity contribution in [2.45, 2.75) is 34.7 Å². The minimum atomic E-state index is -0.838. The molecule has 0 radical (unpaired) electrons. The smallest absolute Gasteiger partial charge is 0.287 e. The van der Waals surface area contributed by atoms with Gasteiger partial charge in [-0.25, -0.2) is 0 Å². The molecular weight excluding hydrogens is 426 g/mol. The van der Waals surface area contributed by atoms with E-state index in [0.717, 1.165) is 47.2 Å². The summed E-state index contributed by atoms with van der Waals surface area (Å²) in [7, 11) is 1.61. The maximum absolute atomic E-state index is 12.5. The molecule has 0 aliphatic carbocycles. The van der Waals surface area contributed by atoms with Crippen LogP contribution in [0.4, 0.5) is 4.79 Å². The molecule has 2 aromatic carbocycles.